The fourth-order valence-electron chi connectivity index (χ4n) is 1.85. The van der Waals surface area contributed by atoms with Crippen molar-refractivity contribution in [3.05, 3.63) is 54.1 Å². The van der Waals surface area contributed by atoms with E-state index < -0.39 is 0 Å². The molecule has 0 atom stereocenters. The van der Waals surface area contributed by atoms with Crippen LogP contribution in [0.25, 0.3) is 0 Å². The molecule has 0 aromatic heterocycles. The summed E-state index contributed by atoms with van der Waals surface area (Å²) < 4.78 is 16.9. The molecule has 2 aromatic rings. The Hall–Kier alpha value is -1.87. The van der Waals surface area contributed by atoms with Crippen LogP contribution in [0.2, 0.25) is 0 Å². The maximum atomic E-state index is 5.83. The molecule has 3 nitrogen and oxygen atoms in total. The summed E-state index contributed by atoms with van der Waals surface area (Å²) in [4.78, 5) is 0. The maximum Gasteiger partial charge on any atom is 0.161 e. The largest absolute Gasteiger partial charge is 0.490 e. The van der Waals surface area contributed by atoms with E-state index in [4.69, 9.17) is 25.8 Å². The number of hydrogen-bond donors (Lipinski definition) is 0. The fourth-order valence-corrected chi connectivity index (χ4v) is 2.02. The third-order valence-electron chi connectivity index (χ3n) is 2.82. The molecule has 0 spiro atoms. The minimum Gasteiger partial charge on any atom is -0.490 e. The molecule has 112 valence electrons. The highest BCUT2D eigenvalue weighted by Gasteiger charge is 2.06. The summed E-state index contributed by atoms with van der Waals surface area (Å²) in [6.07, 6.45) is 0. The monoisotopic (exact) mass is 306 g/mol. The van der Waals surface area contributed by atoms with E-state index >= 15 is 0 Å². The summed E-state index contributed by atoms with van der Waals surface area (Å²) in [5.41, 5.74) is 1.01. The van der Waals surface area contributed by atoms with Gasteiger partial charge in [0.1, 0.15) is 19.0 Å². The van der Waals surface area contributed by atoms with E-state index in [1.165, 1.54) is 0 Å². The van der Waals surface area contributed by atoms with Crippen molar-refractivity contribution in [2.24, 2.45) is 0 Å². The zero-order valence-electron chi connectivity index (χ0n) is 12.0. The highest BCUT2D eigenvalue weighted by atomic mass is 35.5. The molecule has 0 saturated heterocycles. The molecule has 0 saturated carbocycles. The molecule has 0 heterocycles. The molecule has 0 aliphatic heterocycles. The number of halogens is 1. The van der Waals surface area contributed by atoms with Gasteiger partial charge < -0.3 is 14.2 Å². The average Bonchev–Trinajstić information content (AvgIpc) is 2.54. The number of benzene rings is 2. The van der Waals surface area contributed by atoms with Crippen molar-refractivity contribution in [3.63, 3.8) is 0 Å². The number of ether oxygens (including phenoxy) is 3. The summed E-state index contributed by atoms with van der Waals surface area (Å²) >= 11 is 5.83. The van der Waals surface area contributed by atoms with Crippen LogP contribution >= 0.6 is 11.6 Å². The van der Waals surface area contributed by atoms with E-state index in [2.05, 4.69) is 0 Å². The summed E-state index contributed by atoms with van der Waals surface area (Å²) in [7, 11) is 0. The number of alkyl halides is 1. The molecule has 2 aromatic carbocycles. The normalized spacial score (nSPS) is 10.2. The molecule has 0 aliphatic carbocycles. The zero-order valence-corrected chi connectivity index (χ0v) is 12.8. The Kier molecular flexibility index (Phi) is 6.22. The van der Waals surface area contributed by atoms with Crippen LogP contribution in [-0.2, 0) is 5.88 Å². The van der Waals surface area contributed by atoms with Gasteiger partial charge in [0, 0.05) is 5.88 Å². The molecule has 4 heteroatoms. The summed E-state index contributed by atoms with van der Waals surface area (Å²) in [5, 5.41) is 0. The van der Waals surface area contributed by atoms with Crippen LogP contribution in [-0.4, -0.2) is 19.8 Å². The lowest BCUT2D eigenvalue weighted by Gasteiger charge is -2.13. The van der Waals surface area contributed by atoms with Crippen LogP contribution in [0.4, 0.5) is 0 Å². The van der Waals surface area contributed by atoms with Crippen molar-refractivity contribution in [1.82, 2.24) is 0 Å². The molecule has 0 amide bonds. The van der Waals surface area contributed by atoms with Gasteiger partial charge in [-0.2, -0.15) is 0 Å². The third-order valence-corrected chi connectivity index (χ3v) is 3.12. The van der Waals surface area contributed by atoms with E-state index in [-0.39, 0.29) is 0 Å². The number of para-hydroxylation sites is 1. The number of rotatable bonds is 8. The van der Waals surface area contributed by atoms with Crippen molar-refractivity contribution >= 4 is 11.6 Å². The lowest BCUT2D eigenvalue weighted by atomic mass is 10.2. The zero-order chi connectivity index (χ0) is 14.9. The van der Waals surface area contributed by atoms with E-state index in [1.807, 2.05) is 55.5 Å². The molecular weight excluding hydrogens is 288 g/mol. The molecule has 0 unspecified atom stereocenters. The topological polar surface area (TPSA) is 27.7 Å². The molecule has 0 N–H and O–H groups in total. The van der Waals surface area contributed by atoms with Crippen molar-refractivity contribution in [2.45, 2.75) is 12.8 Å². The second-order valence-electron chi connectivity index (χ2n) is 4.36. The Morgan fingerprint density at radius 1 is 0.857 bits per heavy atom. The Morgan fingerprint density at radius 2 is 1.62 bits per heavy atom. The Balaban J connectivity index is 1.87. The van der Waals surface area contributed by atoms with E-state index in [9.17, 15) is 0 Å². The lowest BCUT2D eigenvalue weighted by Crippen LogP contribution is -2.10. The van der Waals surface area contributed by atoms with Gasteiger partial charge in [0.05, 0.1) is 6.61 Å². The molecule has 21 heavy (non-hydrogen) atoms. The quantitative estimate of drug-likeness (QED) is 0.538. The van der Waals surface area contributed by atoms with Crippen LogP contribution in [0.1, 0.15) is 12.5 Å². The second-order valence-corrected chi connectivity index (χ2v) is 4.62. The fraction of sp³-hybridized carbons (Fsp3) is 0.294. The SMILES string of the molecule is CCOc1cc(CCl)ccc1OCCOc1ccccc1. The van der Waals surface area contributed by atoms with Crippen molar-refractivity contribution in [3.8, 4) is 17.2 Å². The van der Waals surface area contributed by atoms with Crippen molar-refractivity contribution in [1.29, 1.82) is 0 Å². The van der Waals surface area contributed by atoms with Crippen LogP contribution < -0.4 is 14.2 Å². The van der Waals surface area contributed by atoms with E-state index in [1.54, 1.807) is 0 Å². The first-order valence-corrected chi connectivity index (χ1v) is 7.49. The third kappa shape index (κ3) is 4.87. The van der Waals surface area contributed by atoms with Gasteiger partial charge >= 0.3 is 0 Å². The van der Waals surface area contributed by atoms with E-state index in [0.29, 0.717) is 31.5 Å². The standard InChI is InChI=1S/C17H19ClO3/c1-2-19-17-12-14(13-18)8-9-16(17)21-11-10-20-15-6-4-3-5-7-15/h3-9,12H,2,10-11,13H2,1H3. The summed E-state index contributed by atoms with van der Waals surface area (Å²) in [5.74, 6) is 2.72. The predicted molar refractivity (Wildman–Crippen MR) is 84.6 cm³/mol. The van der Waals surface area contributed by atoms with Gasteiger partial charge in [0.15, 0.2) is 11.5 Å². The first-order chi connectivity index (χ1) is 10.3. The Labute approximate surface area is 130 Å². The molecule has 2 rings (SSSR count). The van der Waals surface area contributed by atoms with Crippen molar-refractivity contribution < 1.29 is 14.2 Å². The predicted octanol–water partition coefficient (Wildman–Crippen LogP) is 4.28. The van der Waals surface area contributed by atoms with Gasteiger partial charge in [-0.15, -0.1) is 11.6 Å². The molecule has 0 radical (unpaired) electrons. The van der Waals surface area contributed by atoms with Gasteiger partial charge in [-0.3, -0.25) is 0 Å². The lowest BCUT2D eigenvalue weighted by molar-refractivity contribution is 0.208. The molecule has 0 bridgehead atoms. The minimum absolute atomic E-state index is 0.454. The van der Waals surface area contributed by atoms with Gasteiger partial charge in [-0.25, -0.2) is 0 Å². The molecule has 0 fully saturated rings. The summed E-state index contributed by atoms with van der Waals surface area (Å²) in [6.45, 7) is 3.46. The minimum atomic E-state index is 0.454. The van der Waals surface area contributed by atoms with Crippen molar-refractivity contribution in [2.75, 3.05) is 19.8 Å². The van der Waals surface area contributed by atoms with Gasteiger partial charge in [0.25, 0.3) is 0 Å². The Morgan fingerprint density at radius 3 is 2.33 bits per heavy atom. The number of hydrogen-bond acceptors (Lipinski definition) is 3. The van der Waals surface area contributed by atoms with Crippen LogP contribution in [0.3, 0.4) is 0 Å². The van der Waals surface area contributed by atoms with Crippen LogP contribution in [0, 0.1) is 0 Å². The molecular formula is C17H19ClO3. The summed E-state index contributed by atoms with van der Waals surface area (Å²) in [6, 6.07) is 15.4. The second kappa shape index (κ2) is 8.42. The van der Waals surface area contributed by atoms with Gasteiger partial charge in [-0.05, 0) is 36.8 Å². The maximum absolute atomic E-state index is 5.83. The van der Waals surface area contributed by atoms with Gasteiger partial charge in [0.2, 0.25) is 0 Å². The highest BCUT2D eigenvalue weighted by Crippen LogP contribution is 2.29. The van der Waals surface area contributed by atoms with Crippen LogP contribution in [0.15, 0.2) is 48.5 Å². The highest BCUT2D eigenvalue weighted by molar-refractivity contribution is 6.17. The van der Waals surface area contributed by atoms with Gasteiger partial charge in [-0.1, -0.05) is 24.3 Å². The first kappa shape index (κ1) is 15.5. The molecule has 0 aliphatic rings. The van der Waals surface area contributed by atoms with Crippen LogP contribution in [0.5, 0.6) is 17.2 Å². The first-order valence-electron chi connectivity index (χ1n) is 6.96. The van der Waals surface area contributed by atoms with E-state index in [0.717, 1.165) is 17.1 Å². The smallest absolute Gasteiger partial charge is 0.161 e. The Bertz CT molecular complexity index is 543. The average molecular weight is 307 g/mol.